The van der Waals surface area contributed by atoms with Gasteiger partial charge in [0.1, 0.15) is 23.0 Å². The smallest absolute Gasteiger partial charge is 0.270 e. The van der Waals surface area contributed by atoms with Crippen LogP contribution in [0.25, 0.3) is 0 Å². The molecule has 0 bridgehead atoms. The number of carbonyl (C=O) groups excluding carboxylic acids is 1. The van der Waals surface area contributed by atoms with E-state index in [2.05, 4.69) is 20.6 Å². The fourth-order valence-corrected chi connectivity index (χ4v) is 2.96. The molecule has 0 spiro atoms. The molecule has 1 aliphatic carbocycles. The number of nitrogens with zero attached hydrogens (tertiary/aromatic N) is 2. The molecule has 1 fully saturated rings. The van der Waals surface area contributed by atoms with Crippen molar-refractivity contribution >= 4 is 17.5 Å². The zero-order valence-electron chi connectivity index (χ0n) is 13.8. The van der Waals surface area contributed by atoms with Crippen molar-refractivity contribution in [2.45, 2.75) is 44.6 Å². The van der Waals surface area contributed by atoms with Crippen molar-refractivity contribution in [2.24, 2.45) is 0 Å². The maximum absolute atomic E-state index is 13.7. The van der Waals surface area contributed by atoms with Gasteiger partial charge in [0.15, 0.2) is 0 Å². The second kappa shape index (κ2) is 8.00. The van der Waals surface area contributed by atoms with Gasteiger partial charge in [0.05, 0.1) is 0 Å². The third-order valence-electron chi connectivity index (χ3n) is 4.28. The van der Waals surface area contributed by atoms with Crippen LogP contribution in [-0.4, -0.2) is 21.9 Å². The third-order valence-corrected chi connectivity index (χ3v) is 4.28. The Bertz CT molecular complexity index is 725. The summed E-state index contributed by atoms with van der Waals surface area (Å²) in [6.07, 6.45) is 7.91. The van der Waals surface area contributed by atoms with Gasteiger partial charge in [0.2, 0.25) is 5.95 Å². The average Bonchev–Trinajstić information content (AvgIpc) is 2.87. The Morgan fingerprint density at radius 2 is 1.72 bits per heavy atom. The number of anilines is 2. The molecule has 0 unspecified atom stereocenters. The van der Waals surface area contributed by atoms with Crippen molar-refractivity contribution in [3.8, 4) is 0 Å². The molecular formula is C18H20F2N4O. The Morgan fingerprint density at radius 1 is 1.04 bits per heavy atom. The molecule has 132 valence electrons. The molecule has 2 N–H and O–H groups in total. The van der Waals surface area contributed by atoms with Crippen molar-refractivity contribution in [2.75, 3.05) is 5.32 Å². The van der Waals surface area contributed by atoms with Gasteiger partial charge in [-0.15, -0.1) is 0 Å². The van der Waals surface area contributed by atoms with Crippen LogP contribution in [0.2, 0.25) is 0 Å². The van der Waals surface area contributed by atoms with E-state index >= 15 is 0 Å². The minimum Gasteiger partial charge on any atom is -0.348 e. The Kier molecular flexibility index (Phi) is 5.53. The number of halogens is 2. The van der Waals surface area contributed by atoms with Crippen LogP contribution in [0.4, 0.5) is 20.4 Å². The molecule has 5 nitrogen and oxygen atoms in total. The molecule has 1 aromatic carbocycles. The highest BCUT2D eigenvalue weighted by molar-refractivity contribution is 5.92. The van der Waals surface area contributed by atoms with E-state index in [4.69, 9.17) is 0 Å². The van der Waals surface area contributed by atoms with Crippen LogP contribution >= 0.6 is 0 Å². The zero-order chi connectivity index (χ0) is 17.6. The number of hydrogen-bond donors (Lipinski definition) is 2. The number of amides is 1. The molecule has 1 aromatic heterocycles. The van der Waals surface area contributed by atoms with Crippen LogP contribution in [-0.2, 0) is 0 Å². The predicted molar refractivity (Wildman–Crippen MR) is 90.6 cm³/mol. The van der Waals surface area contributed by atoms with Crippen LogP contribution in [0.5, 0.6) is 0 Å². The fourth-order valence-electron chi connectivity index (χ4n) is 2.96. The highest BCUT2D eigenvalue weighted by atomic mass is 19.1. The van der Waals surface area contributed by atoms with Crippen LogP contribution in [0.15, 0.2) is 30.5 Å². The van der Waals surface area contributed by atoms with E-state index in [0.29, 0.717) is 0 Å². The second-order valence-electron chi connectivity index (χ2n) is 6.15. The summed E-state index contributed by atoms with van der Waals surface area (Å²) in [5.41, 5.74) is -0.178. The minimum absolute atomic E-state index is 0.0301. The van der Waals surface area contributed by atoms with Crippen LogP contribution in [0.3, 0.4) is 0 Å². The van der Waals surface area contributed by atoms with E-state index in [1.54, 1.807) is 0 Å². The van der Waals surface area contributed by atoms with Gasteiger partial charge in [0, 0.05) is 12.2 Å². The molecule has 7 heteroatoms. The van der Waals surface area contributed by atoms with Gasteiger partial charge in [-0.1, -0.05) is 31.7 Å². The predicted octanol–water partition coefficient (Wildman–Crippen LogP) is 3.95. The zero-order valence-corrected chi connectivity index (χ0v) is 13.8. The van der Waals surface area contributed by atoms with Gasteiger partial charge >= 0.3 is 0 Å². The van der Waals surface area contributed by atoms with Crippen molar-refractivity contribution in [3.05, 3.63) is 47.8 Å². The molecule has 1 saturated carbocycles. The first-order chi connectivity index (χ1) is 12.1. The number of carbonyl (C=O) groups is 1. The van der Waals surface area contributed by atoms with Gasteiger partial charge in [0.25, 0.3) is 5.91 Å². The quantitative estimate of drug-likeness (QED) is 0.823. The number of benzene rings is 1. The monoisotopic (exact) mass is 346 g/mol. The van der Waals surface area contributed by atoms with Gasteiger partial charge in [-0.2, -0.15) is 0 Å². The van der Waals surface area contributed by atoms with Gasteiger partial charge in [-0.25, -0.2) is 18.7 Å². The highest BCUT2D eigenvalue weighted by Gasteiger charge is 2.17. The van der Waals surface area contributed by atoms with E-state index in [9.17, 15) is 13.6 Å². The molecule has 0 saturated heterocycles. The number of aromatic nitrogens is 2. The maximum Gasteiger partial charge on any atom is 0.270 e. The number of hydrogen-bond acceptors (Lipinski definition) is 4. The van der Waals surface area contributed by atoms with Crippen molar-refractivity contribution < 1.29 is 13.6 Å². The van der Waals surface area contributed by atoms with Crippen molar-refractivity contribution in [3.63, 3.8) is 0 Å². The number of rotatable bonds is 4. The molecular weight excluding hydrogens is 326 g/mol. The summed E-state index contributed by atoms with van der Waals surface area (Å²) in [4.78, 5) is 20.4. The minimum atomic E-state index is -0.753. The van der Waals surface area contributed by atoms with Crippen LogP contribution in [0, 0.1) is 11.6 Å². The summed E-state index contributed by atoms with van der Waals surface area (Å²) in [5, 5.41) is 5.48. The lowest BCUT2D eigenvalue weighted by molar-refractivity contribution is 0.0928. The molecule has 2 aromatic rings. The van der Waals surface area contributed by atoms with Crippen molar-refractivity contribution in [1.29, 1.82) is 0 Å². The average molecular weight is 346 g/mol. The first kappa shape index (κ1) is 17.3. The number of para-hydroxylation sites is 1. The Morgan fingerprint density at radius 3 is 2.40 bits per heavy atom. The van der Waals surface area contributed by atoms with E-state index in [1.807, 2.05) is 0 Å². The second-order valence-corrected chi connectivity index (χ2v) is 6.15. The van der Waals surface area contributed by atoms with Gasteiger partial charge < -0.3 is 10.6 Å². The lowest BCUT2D eigenvalue weighted by Gasteiger charge is -2.16. The summed E-state index contributed by atoms with van der Waals surface area (Å²) in [7, 11) is 0. The van der Waals surface area contributed by atoms with Crippen molar-refractivity contribution in [1.82, 2.24) is 15.3 Å². The maximum atomic E-state index is 13.7. The SMILES string of the molecule is O=C(NC1CCCCCC1)c1ccnc(Nc2c(F)cccc2F)n1. The Hall–Kier alpha value is -2.57. The first-order valence-electron chi connectivity index (χ1n) is 8.48. The Balaban J connectivity index is 1.71. The molecule has 1 amide bonds. The summed E-state index contributed by atoms with van der Waals surface area (Å²) in [5.74, 6) is -1.84. The standard InChI is InChI=1S/C18H20F2N4O/c19-13-8-5-9-14(20)16(13)24-18-21-11-10-15(23-18)17(25)22-12-6-3-1-2-4-7-12/h5,8-12H,1-4,6-7H2,(H,22,25)(H,21,23,24). The molecule has 1 heterocycles. The van der Waals surface area contributed by atoms with E-state index < -0.39 is 11.6 Å². The first-order valence-corrected chi connectivity index (χ1v) is 8.48. The van der Waals surface area contributed by atoms with Crippen LogP contribution < -0.4 is 10.6 Å². The highest BCUT2D eigenvalue weighted by Crippen LogP contribution is 2.21. The number of nitrogens with one attached hydrogen (secondary N) is 2. The van der Waals surface area contributed by atoms with E-state index in [0.717, 1.165) is 37.8 Å². The van der Waals surface area contributed by atoms with Crippen LogP contribution in [0.1, 0.15) is 49.0 Å². The fraction of sp³-hybridized carbons (Fsp3) is 0.389. The summed E-state index contributed by atoms with van der Waals surface area (Å²) in [6, 6.07) is 5.16. The molecule has 0 atom stereocenters. The largest absolute Gasteiger partial charge is 0.348 e. The van der Waals surface area contributed by atoms with Gasteiger partial charge in [-0.05, 0) is 31.0 Å². The normalized spacial score (nSPS) is 15.4. The van der Waals surface area contributed by atoms with E-state index in [-0.39, 0.29) is 29.3 Å². The summed E-state index contributed by atoms with van der Waals surface area (Å²) < 4.78 is 27.4. The molecule has 0 aliphatic heterocycles. The molecule has 1 aliphatic rings. The lowest BCUT2D eigenvalue weighted by atomic mass is 10.1. The van der Waals surface area contributed by atoms with Gasteiger partial charge in [-0.3, -0.25) is 4.79 Å². The lowest BCUT2D eigenvalue weighted by Crippen LogP contribution is -2.35. The topological polar surface area (TPSA) is 66.9 Å². The summed E-state index contributed by atoms with van der Waals surface area (Å²) in [6.45, 7) is 0. The third kappa shape index (κ3) is 4.49. The Labute approximate surface area is 144 Å². The van der Waals surface area contributed by atoms with E-state index in [1.165, 1.54) is 31.2 Å². The summed E-state index contributed by atoms with van der Waals surface area (Å²) >= 11 is 0. The molecule has 25 heavy (non-hydrogen) atoms. The molecule has 3 rings (SSSR count). The molecule has 0 radical (unpaired) electrons.